The van der Waals surface area contributed by atoms with E-state index < -0.39 is 0 Å². The number of aromatic nitrogens is 1. The molecular weight excluding hydrogens is 282 g/mol. The fraction of sp³-hybridized carbons (Fsp3) is 0.0476. The summed E-state index contributed by atoms with van der Waals surface area (Å²) in [5.74, 6) is 0.867. The van der Waals surface area contributed by atoms with Crippen molar-refractivity contribution in [2.45, 2.75) is 0 Å². The maximum Gasteiger partial charge on any atom is 0.119 e. The molecule has 0 saturated heterocycles. The van der Waals surface area contributed by atoms with Gasteiger partial charge in [0.1, 0.15) is 5.75 Å². The fourth-order valence-corrected chi connectivity index (χ4v) is 2.99. The van der Waals surface area contributed by atoms with Gasteiger partial charge in [-0.25, -0.2) is 0 Å². The normalized spacial score (nSPS) is 10.8. The van der Waals surface area contributed by atoms with Crippen molar-refractivity contribution in [3.8, 4) is 22.7 Å². The minimum Gasteiger partial charge on any atom is -0.497 e. The van der Waals surface area contributed by atoms with Crippen LogP contribution in [0.5, 0.6) is 5.75 Å². The molecule has 0 bridgehead atoms. The molecule has 4 aromatic rings. The van der Waals surface area contributed by atoms with E-state index in [1.807, 2.05) is 18.2 Å². The van der Waals surface area contributed by atoms with Gasteiger partial charge in [0.2, 0.25) is 0 Å². The lowest BCUT2D eigenvalue weighted by Gasteiger charge is -2.12. The summed E-state index contributed by atoms with van der Waals surface area (Å²) in [5, 5.41) is 1.24. The first-order chi connectivity index (χ1) is 11.4. The number of fused-ring (bicyclic) bond motifs is 1. The molecule has 3 aromatic carbocycles. The van der Waals surface area contributed by atoms with Crippen LogP contribution in [-0.4, -0.2) is 11.7 Å². The minimum absolute atomic E-state index is 0.867. The Labute approximate surface area is 135 Å². The number of ether oxygens (including phenoxy) is 1. The molecule has 0 spiro atoms. The molecule has 1 heterocycles. The molecule has 0 fully saturated rings. The molecule has 0 aliphatic rings. The van der Waals surface area contributed by atoms with E-state index in [0.717, 1.165) is 11.4 Å². The zero-order chi connectivity index (χ0) is 15.6. The maximum absolute atomic E-state index is 5.28. The Morgan fingerprint density at radius 2 is 1.43 bits per heavy atom. The zero-order valence-corrected chi connectivity index (χ0v) is 12.9. The average Bonchev–Trinajstić information content (AvgIpc) is 3.02. The molecule has 23 heavy (non-hydrogen) atoms. The average molecular weight is 299 g/mol. The van der Waals surface area contributed by atoms with Crippen molar-refractivity contribution in [1.82, 2.24) is 4.57 Å². The van der Waals surface area contributed by atoms with Crippen molar-refractivity contribution in [3.05, 3.63) is 84.9 Å². The first-order valence-electron chi connectivity index (χ1n) is 7.67. The molecule has 0 radical (unpaired) electrons. The summed E-state index contributed by atoms with van der Waals surface area (Å²) in [6.07, 6.45) is 0. The number of hydrogen-bond acceptors (Lipinski definition) is 1. The Balaban J connectivity index is 1.99. The van der Waals surface area contributed by atoms with E-state index in [2.05, 4.69) is 71.3 Å². The molecule has 4 rings (SSSR count). The molecule has 0 N–H and O–H groups in total. The van der Waals surface area contributed by atoms with E-state index in [-0.39, 0.29) is 0 Å². The molecule has 0 amide bonds. The quantitative estimate of drug-likeness (QED) is 0.500. The zero-order valence-electron chi connectivity index (χ0n) is 12.9. The van der Waals surface area contributed by atoms with Crippen LogP contribution >= 0.6 is 0 Å². The van der Waals surface area contributed by atoms with E-state index in [4.69, 9.17) is 4.74 Å². The molecule has 0 unspecified atom stereocenters. The monoisotopic (exact) mass is 299 g/mol. The highest BCUT2D eigenvalue weighted by Gasteiger charge is 2.11. The van der Waals surface area contributed by atoms with Gasteiger partial charge in [0.05, 0.1) is 18.3 Å². The van der Waals surface area contributed by atoms with Crippen molar-refractivity contribution in [1.29, 1.82) is 0 Å². The molecule has 0 saturated carbocycles. The second kappa shape index (κ2) is 5.65. The van der Waals surface area contributed by atoms with Gasteiger partial charge in [0, 0.05) is 11.1 Å². The van der Waals surface area contributed by atoms with Crippen LogP contribution in [0, 0.1) is 0 Å². The van der Waals surface area contributed by atoms with E-state index in [0.29, 0.717) is 0 Å². The van der Waals surface area contributed by atoms with Gasteiger partial charge in [-0.05, 0) is 42.0 Å². The molecule has 0 aliphatic heterocycles. The van der Waals surface area contributed by atoms with Gasteiger partial charge in [-0.2, -0.15) is 0 Å². The predicted octanol–water partition coefficient (Wildman–Crippen LogP) is 5.31. The van der Waals surface area contributed by atoms with Crippen LogP contribution in [0.1, 0.15) is 0 Å². The first-order valence-corrected chi connectivity index (χ1v) is 7.67. The maximum atomic E-state index is 5.28. The number of rotatable bonds is 3. The smallest absolute Gasteiger partial charge is 0.119 e. The molecule has 0 atom stereocenters. The van der Waals surface area contributed by atoms with Crippen molar-refractivity contribution in [2.75, 3.05) is 7.11 Å². The number of para-hydroxylation sites is 1. The van der Waals surface area contributed by atoms with Crippen LogP contribution < -0.4 is 4.74 Å². The molecule has 2 heteroatoms. The Bertz CT molecular complexity index is 937. The van der Waals surface area contributed by atoms with Crippen LogP contribution in [0.2, 0.25) is 0 Å². The van der Waals surface area contributed by atoms with Gasteiger partial charge in [-0.15, -0.1) is 0 Å². The third-order valence-electron chi connectivity index (χ3n) is 4.11. The number of hydrogen-bond donors (Lipinski definition) is 0. The van der Waals surface area contributed by atoms with Crippen molar-refractivity contribution >= 4 is 10.9 Å². The Morgan fingerprint density at radius 1 is 0.739 bits per heavy atom. The SMILES string of the molecule is COc1ccc(-n2c(-c3ccccc3)cc3ccccc32)cc1. The molecular formula is C21H17NO. The van der Waals surface area contributed by atoms with Crippen LogP contribution in [0.3, 0.4) is 0 Å². The van der Waals surface area contributed by atoms with Gasteiger partial charge in [-0.3, -0.25) is 0 Å². The minimum atomic E-state index is 0.867. The Kier molecular flexibility index (Phi) is 3.35. The first kappa shape index (κ1) is 13.6. The summed E-state index contributed by atoms with van der Waals surface area (Å²) in [6, 6.07) is 29.4. The van der Waals surface area contributed by atoms with E-state index in [1.165, 1.54) is 22.2 Å². The lowest BCUT2D eigenvalue weighted by molar-refractivity contribution is 0.415. The second-order valence-corrected chi connectivity index (χ2v) is 5.49. The van der Waals surface area contributed by atoms with Gasteiger partial charge < -0.3 is 9.30 Å². The highest BCUT2D eigenvalue weighted by atomic mass is 16.5. The van der Waals surface area contributed by atoms with Gasteiger partial charge in [0.15, 0.2) is 0 Å². The summed E-state index contributed by atoms with van der Waals surface area (Å²) in [6.45, 7) is 0. The van der Waals surface area contributed by atoms with Crippen LogP contribution in [0.15, 0.2) is 84.9 Å². The lowest BCUT2D eigenvalue weighted by atomic mass is 10.1. The second-order valence-electron chi connectivity index (χ2n) is 5.49. The molecule has 0 aliphatic carbocycles. The van der Waals surface area contributed by atoms with Gasteiger partial charge in [-0.1, -0.05) is 48.5 Å². The van der Waals surface area contributed by atoms with Crippen LogP contribution in [0.4, 0.5) is 0 Å². The van der Waals surface area contributed by atoms with Crippen LogP contribution in [0.25, 0.3) is 27.8 Å². The molecule has 1 aromatic heterocycles. The fourth-order valence-electron chi connectivity index (χ4n) is 2.99. The van der Waals surface area contributed by atoms with Crippen LogP contribution in [-0.2, 0) is 0 Å². The van der Waals surface area contributed by atoms with E-state index >= 15 is 0 Å². The predicted molar refractivity (Wildman–Crippen MR) is 95.3 cm³/mol. The highest BCUT2D eigenvalue weighted by Crippen LogP contribution is 2.31. The number of nitrogens with zero attached hydrogens (tertiary/aromatic N) is 1. The third-order valence-corrected chi connectivity index (χ3v) is 4.11. The summed E-state index contributed by atoms with van der Waals surface area (Å²) in [5.41, 5.74) is 4.74. The summed E-state index contributed by atoms with van der Waals surface area (Å²) >= 11 is 0. The highest BCUT2D eigenvalue weighted by molar-refractivity contribution is 5.89. The third kappa shape index (κ3) is 2.38. The summed E-state index contributed by atoms with van der Waals surface area (Å²) in [4.78, 5) is 0. The Morgan fingerprint density at radius 3 is 2.17 bits per heavy atom. The largest absolute Gasteiger partial charge is 0.497 e. The topological polar surface area (TPSA) is 14.2 Å². The van der Waals surface area contributed by atoms with Gasteiger partial charge in [0.25, 0.3) is 0 Å². The standard InChI is InChI=1S/C21H17NO/c1-23-19-13-11-18(12-14-19)22-20-10-6-5-9-17(20)15-21(22)16-7-3-2-4-8-16/h2-15H,1H3. The molecule has 2 nitrogen and oxygen atoms in total. The van der Waals surface area contributed by atoms with Gasteiger partial charge >= 0.3 is 0 Å². The van der Waals surface area contributed by atoms with Crippen molar-refractivity contribution in [3.63, 3.8) is 0 Å². The number of methoxy groups -OCH3 is 1. The summed E-state index contributed by atoms with van der Waals surface area (Å²) in [7, 11) is 1.69. The summed E-state index contributed by atoms with van der Waals surface area (Å²) < 4.78 is 7.58. The van der Waals surface area contributed by atoms with E-state index in [9.17, 15) is 0 Å². The Hall–Kier alpha value is -3.00. The van der Waals surface area contributed by atoms with Crippen molar-refractivity contribution < 1.29 is 4.74 Å². The molecule has 112 valence electrons. The lowest BCUT2D eigenvalue weighted by Crippen LogP contribution is -1.96. The number of benzene rings is 3. The van der Waals surface area contributed by atoms with Crippen molar-refractivity contribution in [2.24, 2.45) is 0 Å². The van der Waals surface area contributed by atoms with E-state index in [1.54, 1.807) is 7.11 Å².